The van der Waals surface area contributed by atoms with E-state index in [0.29, 0.717) is 11.3 Å². The van der Waals surface area contributed by atoms with Crippen LogP contribution in [-0.2, 0) is 10.9 Å². The summed E-state index contributed by atoms with van der Waals surface area (Å²) in [7, 11) is -0.286. The molecule has 0 spiro atoms. The summed E-state index contributed by atoms with van der Waals surface area (Å²) in [6.07, 6.45) is 0. The molecular formula is C23H17O2S2+. The van der Waals surface area contributed by atoms with Crippen LogP contribution in [0.25, 0.3) is 0 Å². The van der Waals surface area contributed by atoms with Crippen LogP contribution in [0.2, 0.25) is 0 Å². The number of hydrogen-bond acceptors (Lipinski definition) is 3. The summed E-state index contributed by atoms with van der Waals surface area (Å²) in [4.78, 5) is 16.1. The fourth-order valence-electron chi connectivity index (χ4n) is 2.75. The van der Waals surface area contributed by atoms with E-state index in [0.717, 1.165) is 4.90 Å². The molecule has 1 aromatic heterocycles. The van der Waals surface area contributed by atoms with Crippen LogP contribution in [0.4, 0.5) is 0 Å². The second-order valence-electron chi connectivity index (χ2n) is 5.81. The number of carbonyl (C=O) groups excluding carboxylic acids is 1. The zero-order chi connectivity index (χ0) is 18.5. The van der Waals surface area contributed by atoms with Crippen LogP contribution in [0.3, 0.4) is 0 Å². The molecule has 27 heavy (non-hydrogen) atoms. The van der Waals surface area contributed by atoms with Gasteiger partial charge in [-0.05, 0) is 47.8 Å². The predicted octanol–water partition coefficient (Wildman–Crippen LogP) is 6.06. The average molecular weight is 390 g/mol. The Morgan fingerprint density at radius 1 is 0.741 bits per heavy atom. The minimum absolute atomic E-state index is 0.286. The van der Waals surface area contributed by atoms with E-state index in [2.05, 4.69) is 30.3 Å². The fourth-order valence-corrected chi connectivity index (χ4v) is 5.43. The van der Waals surface area contributed by atoms with Crippen LogP contribution in [0, 0.1) is 0 Å². The molecule has 0 saturated heterocycles. The third-order valence-electron chi connectivity index (χ3n) is 3.97. The van der Waals surface area contributed by atoms with Gasteiger partial charge in [-0.2, -0.15) is 0 Å². The Hall–Kier alpha value is -2.82. The molecule has 0 amide bonds. The molecule has 4 aromatic rings. The smallest absolute Gasteiger partial charge is 0.343 e. The second-order valence-corrected chi connectivity index (χ2v) is 8.62. The number of hydrogen-bond donors (Lipinski definition) is 0. The molecule has 0 aliphatic rings. The maximum absolute atomic E-state index is 12.5. The molecule has 4 rings (SSSR count). The summed E-state index contributed by atoms with van der Waals surface area (Å²) in [6.45, 7) is 0. The Morgan fingerprint density at radius 3 is 1.96 bits per heavy atom. The highest BCUT2D eigenvalue weighted by molar-refractivity contribution is 7.97. The normalized spacial score (nSPS) is 10.7. The highest BCUT2D eigenvalue weighted by atomic mass is 32.2. The first kappa shape index (κ1) is 17.6. The van der Waals surface area contributed by atoms with E-state index in [9.17, 15) is 4.79 Å². The zero-order valence-corrected chi connectivity index (χ0v) is 16.1. The van der Waals surface area contributed by atoms with Crippen molar-refractivity contribution in [2.24, 2.45) is 0 Å². The number of carbonyl (C=O) groups is 1. The lowest BCUT2D eigenvalue weighted by Gasteiger charge is -2.09. The first-order valence-corrected chi connectivity index (χ1v) is 10.7. The number of benzene rings is 3. The second kappa shape index (κ2) is 8.25. The fraction of sp³-hybridized carbons (Fsp3) is 0. The third kappa shape index (κ3) is 4.13. The van der Waals surface area contributed by atoms with Gasteiger partial charge in [0.25, 0.3) is 0 Å². The van der Waals surface area contributed by atoms with Gasteiger partial charge in [0.05, 0.1) is 16.5 Å². The Bertz CT molecular complexity index is 973. The van der Waals surface area contributed by atoms with Crippen LogP contribution in [0.5, 0.6) is 5.75 Å². The number of thiophene rings is 1. The van der Waals surface area contributed by atoms with E-state index in [1.165, 1.54) is 21.1 Å². The van der Waals surface area contributed by atoms with Crippen LogP contribution in [-0.4, -0.2) is 5.97 Å². The van der Waals surface area contributed by atoms with Crippen molar-refractivity contribution >= 4 is 28.2 Å². The van der Waals surface area contributed by atoms with Gasteiger partial charge in [0.15, 0.2) is 14.7 Å². The average Bonchev–Trinajstić information content (AvgIpc) is 3.23. The summed E-state index contributed by atoms with van der Waals surface area (Å²) in [6, 6.07) is 30.3. The minimum atomic E-state index is -0.333. The lowest BCUT2D eigenvalue weighted by Crippen LogP contribution is -2.10. The van der Waals surface area contributed by atoms with Gasteiger partial charge in [-0.15, -0.1) is 11.3 Å². The lowest BCUT2D eigenvalue weighted by atomic mass is 10.2. The van der Waals surface area contributed by atoms with E-state index < -0.39 is 0 Å². The van der Waals surface area contributed by atoms with Gasteiger partial charge in [-0.1, -0.05) is 42.5 Å². The summed E-state index contributed by atoms with van der Waals surface area (Å²) in [5.74, 6) is 0.250. The molecule has 4 heteroatoms. The molecule has 0 atom stereocenters. The topological polar surface area (TPSA) is 26.3 Å². The van der Waals surface area contributed by atoms with Gasteiger partial charge in [-0.25, -0.2) is 4.79 Å². The molecule has 0 aliphatic carbocycles. The van der Waals surface area contributed by atoms with Crippen molar-refractivity contribution in [2.75, 3.05) is 0 Å². The van der Waals surface area contributed by atoms with Crippen molar-refractivity contribution in [3.05, 3.63) is 107 Å². The summed E-state index contributed by atoms with van der Waals surface area (Å²) in [5, 5.41) is 3.71. The summed E-state index contributed by atoms with van der Waals surface area (Å²) < 4.78 is 5.46. The molecule has 0 radical (unpaired) electrons. The van der Waals surface area contributed by atoms with Gasteiger partial charge in [0, 0.05) is 11.4 Å². The van der Waals surface area contributed by atoms with Gasteiger partial charge < -0.3 is 4.74 Å². The van der Waals surface area contributed by atoms with Crippen LogP contribution in [0.1, 0.15) is 10.4 Å². The third-order valence-corrected chi connectivity index (χ3v) is 6.84. The minimum Gasteiger partial charge on any atom is -0.422 e. The maximum Gasteiger partial charge on any atom is 0.343 e. The SMILES string of the molecule is O=C(Oc1ccsc1)c1cccc([S+](c2ccccc2)c2ccccc2)c1. The highest BCUT2D eigenvalue weighted by Crippen LogP contribution is 2.31. The first-order valence-electron chi connectivity index (χ1n) is 8.50. The first-order chi connectivity index (χ1) is 13.3. The predicted molar refractivity (Wildman–Crippen MR) is 111 cm³/mol. The molecule has 0 fully saturated rings. The molecule has 1 heterocycles. The molecule has 2 nitrogen and oxygen atoms in total. The molecule has 132 valence electrons. The maximum atomic E-state index is 12.5. The molecular weight excluding hydrogens is 372 g/mol. The van der Waals surface area contributed by atoms with E-state index in [4.69, 9.17) is 4.74 Å². The van der Waals surface area contributed by atoms with Gasteiger partial charge in [-0.3, -0.25) is 0 Å². The van der Waals surface area contributed by atoms with Crippen molar-refractivity contribution in [3.8, 4) is 5.75 Å². The van der Waals surface area contributed by atoms with Crippen molar-refractivity contribution in [3.63, 3.8) is 0 Å². The lowest BCUT2D eigenvalue weighted by molar-refractivity contribution is 0.0735. The number of esters is 1. The molecule has 0 aliphatic heterocycles. The Morgan fingerprint density at radius 2 is 1.37 bits per heavy atom. The molecule has 0 bridgehead atoms. The van der Waals surface area contributed by atoms with E-state index in [1.807, 2.05) is 59.3 Å². The van der Waals surface area contributed by atoms with Crippen molar-refractivity contribution < 1.29 is 9.53 Å². The van der Waals surface area contributed by atoms with Crippen molar-refractivity contribution in [1.82, 2.24) is 0 Å². The number of rotatable bonds is 5. The number of ether oxygens (including phenoxy) is 1. The van der Waals surface area contributed by atoms with Gasteiger partial charge >= 0.3 is 5.97 Å². The molecule has 3 aromatic carbocycles. The van der Waals surface area contributed by atoms with E-state index in [-0.39, 0.29) is 16.9 Å². The largest absolute Gasteiger partial charge is 0.422 e. The van der Waals surface area contributed by atoms with Crippen LogP contribution >= 0.6 is 11.3 Å². The Labute approximate surface area is 165 Å². The summed E-state index contributed by atoms with van der Waals surface area (Å²) in [5.41, 5.74) is 0.558. The van der Waals surface area contributed by atoms with E-state index >= 15 is 0 Å². The standard InChI is InChI=1S/C23H17O2S2/c24-23(25-19-14-15-26-17-19)18-8-7-13-22(16-18)27(20-9-3-1-4-10-20)21-11-5-2-6-12-21/h1-17H/q+1. The van der Waals surface area contributed by atoms with Crippen molar-refractivity contribution in [1.29, 1.82) is 0 Å². The zero-order valence-electron chi connectivity index (χ0n) is 14.4. The van der Waals surface area contributed by atoms with Gasteiger partial charge in [0.1, 0.15) is 5.75 Å². The monoisotopic (exact) mass is 389 g/mol. The van der Waals surface area contributed by atoms with Gasteiger partial charge in [0.2, 0.25) is 0 Å². The Balaban J connectivity index is 1.72. The molecule has 0 unspecified atom stereocenters. The van der Waals surface area contributed by atoms with Crippen LogP contribution < -0.4 is 4.74 Å². The quantitative estimate of drug-likeness (QED) is 0.306. The Kier molecular flexibility index (Phi) is 5.37. The van der Waals surface area contributed by atoms with E-state index in [1.54, 1.807) is 12.1 Å². The van der Waals surface area contributed by atoms with Crippen LogP contribution in [0.15, 0.2) is 116 Å². The molecule has 0 N–H and O–H groups in total. The summed E-state index contributed by atoms with van der Waals surface area (Å²) >= 11 is 1.50. The molecule has 0 saturated carbocycles. The highest BCUT2D eigenvalue weighted by Gasteiger charge is 2.29. The van der Waals surface area contributed by atoms with Crippen molar-refractivity contribution in [2.45, 2.75) is 14.7 Å².